The molecule has 0 aromatic heterocycles. The number of carbonyl (C=O) groups is 1. The number of carbonyl (C=O) groups excluding carboxylic acids is 1. The van der Waals surface area contributed by atoms with Crippen molar-refractivity contribution in [3.05, 3.63) is 29.8 Å². The number of benzene rings is 1. The smallest absolute Gasteiger partial charge is 0.419 e. The van der Waals surface area contributed by atoms with Gasteiger partial charge in [-0.15, -0.1) is 0 Å². The molecule has 1 aromatic rings. The summed E-state index contributed by atoms with van der Waals surface area (Å²) in [6.45, 7) is 1.53. The van der Waals surface area contributed by atoms with Gasteiger partial charge in [0.1, 0.15) is 11.3 Å². The third-order valence-corrected chi connectivity index (χ3v) is 2.94. The summed E-state index contributed by atoms with van der Waals surface area (Å²) < 4.78 is 47.9. The summed E-state index contributed by atoms with van der Waals surface area (Å²) in [7, 11) is 1.23. The molecule has 1 unspecified atom stereocenters. The summed E-state index contributed by atoms with van der Waals surface area (Å²) in [5, 5.41) is 0. The second-order valence-corrected chi connectivity index (χ2v) is 4.85. The molecule has 0 radical (unpaired) electrons. The Bertz CT molecular complexity index is 487. The Hall–Kier alpha value is -1.76. The lowest BCUT2D eigenvalue weighted by Gasteiger charge is -2.21. The first-order chi connectivity index (χ1) is 9.68. The van der Waals surface area contributed by atoms with Crippen molar-refractivity contribution in [2.75, 3.05) is 13.7 Å². The molecule has 0 amide bonds. The molecule has 0 heterocycles. The molecule has 1 aromatic carbocycles. The summed E-state index contributed by atoms with van der Waals surface area (Å²) in [5.74, 6) is -0.806. The minimum Gasteiger partial charge on any atom is -0.493 e. The van der Waals surface area contributed by atoms with E-state index in [9.17, 15) is 18.0 Å². The van der Waals surface area contributed by atoms with Crippen LogP contribution in [0.3, 0.4) is 0 Å². The van der Waals surface area contributed by atoms with Gasteiger partial charge in [0.15, 0.2) is 0 Å². The second-order valence-electron chi connectivity index (χ2n) is 4.85. The minimum atomic E-state index is -4.47. The molecule has 0 aliphatic heterocycles. The highest BCUT2D eigenvalue weighted by atomic mass is 19.4. The summed E-state index contributed by atoms with van der Waals surface area (Å²) in [6, 6.07) is 4.97. The van der Waals surface area contributed by atoms with Crippen LogP contribution < -0.4 is 10.5 Å². The van der Waals surface area contributed by atoms with Crippen molar-refractivity contribution in [3.63, 3.8) is 0 Å². The van der Waals surface area contributed by atoms with Crippen LogP contribution in [-0.2, 0) is 15.7 Å². The maximum absolute atomic E-state index is 12.7. The standard InChI is InChI=1S/C14H18F3NO3/c1-13(18,12(19)20-2)8-5-9-21-11-7-4-3-6-10(11)14(15,16)17/h3-4,6-7H,5,8-9,18H2,1-2H3. The number of esters is 1. The first-order valence-corrected chi connectivity index (χ1v) is 6.35. The average Bonchev–Trinajstić information content (AvgIpc) is 2.42. The summed E-state index contributed by atoms with van der Waals surface area (Å²) >= 11 is 0. The van der Waals surface area contributed by atoms with Gasteiger partial charge in [0.25, 0.3) is 0 Å². The van der Waals surface area contributed by atoms with Crippen LogP contribution in [0.2, 0.25) is 0 Å². The van der Waals surface area contributed by atoms with Crippen LogP contribution in [0.25, 0.3) is 0 Å². The zero-order valence-electron chi connectivity index (χ0n) is 11.9. The Labute approximate surface area is 121 Å². The van der Waals surface area contributed by atoms with Crippen LogP contribution in [0, 0.1) is 0 Å². The molecular weight excluding hydrogens is 287 g/mol. The lowest BCUT2D eigenvalue weighted by molar-refractivity contribution is -0.146. The summed E-state index contributed by atoms with van der Waals surface area (Å²) in [6.07, 6.45) is -3.90. The molecular formula is C14H18F3NO3. The maximum atomic E-state index is 12.7. The van der Waals surface area contributed by atoms with Gasteiger partial charge in [0.05, 0.1) is 19.3 Å². The molecule has 21 heavy (non-hydrogen) atoms. The van der Waals surface area contributed by atoms with Crippen LogP contribution in [0.5, 0.6) is 5.75 Å². The molecule has 0 aliphatic rings. The number of nitrogens with two attached hydrogens (primary N) is 1. The number of rotatable bonds is 6. The van der Waals surface area contributed by atoms with Gasteiger partial charge in [-0.2, -0.15) is 13.2 Å². The van der Waals surface area contributed by atoms with E-state index in [0.717, 1.165) is 6.07 Å². The summed E-state index contributed by atoms with van der Waals surface area (Å²) in [5.41, 5.74) is 3.73. The lowest BCUT2D eigenvalue weighted by Crippen LogP contribution is -2.45. The zero-order chi connectivity index (χ0) is 16.1. The fourth-order valence-electron chi connectivity index (χ4n) is 1.78. The van der Waals surface area contributed by atoms with Crippen molar-refractivity contribution in [1.82, 2.24) is 0 Å². The van der Waals surface area contributed by atoms with Crippen molar-refractivity contribution < 1.29 is 27.4 Å². The Morgan fingerprint density at radius 1 is 1.29 bits per heavy atom. The van der Waals surface area contributed by atoms with Crippen LogP contribution in [0.4, 0.5) is 13.2 Å². The highest BCUT2D eigenvalue weighted by Crippen LogP contribution is 2.35. The van der Waals surface area contributed by atoms with Gasteiger partial charge in [-0.1, -0.05) is 12.1 Å². The number of para-hydroxylation sites is 1. The quantitative estimate of drug-likeness (QED) is 0.648. The van der Waals surface area contributed by atoms with E-state index in [2.05, 4.69) is 4.74 Å². The number of hydrogen-bond donors (Lipinski definition) is 1. The van der Waals surface area contributed by atoms with Crippen LogP contribution >= 0.6 is 0 Å². The van der Waals surface area contributed by atoms with Gasteiger partial charge in [-0.05, 0) is 31.9 Å². The van der Waals surface area contributed by atoms with Crippen LogP contribution in [0.1, 0.15) is 25.3 Å². The van der Waals surface area contributed by atoms with E-state index in [1.807, 2.05) is 0 Å². The third-order valence-electron chi connectivity index (χ3n) is 2.94. The topological polar surface area (TPSA) is 61.5 Å². The van der Waals surface area contributed by atoms with Gasteiger partial charge < -0.3 is 15.2 Å². The molecule has 0 saturated heterocycles. The lowest BCUT2D eigenvalue weighted by atomic mass is 9.98. The van der Waals surface area contributed by atoms with Crippen LogP contribution in [-0.4, -0.2) is 25.2 Å². The average molecular weight is 305 g/mol. The van der Waals surface area contributed by atoms with Gasteiger partial charge in [0, 0.05) is 0 Å². The minimum absolute atomic E-state index is 0.0247. The predicted molar refractivity (Wildman–Crippen MR) is 70.8 cm³/mol. The fourth-order valence-corrected chi connectivity index (χ4v) is 1.78. The van der Waals surface area contributed by atoms with E-state index in [4.69, 9.17) is 10.5 Å². The first kappa shape index (κ1) is 17.3. The molecule has 0 saturated carbocycles. The predicted octanol–water partition coefficient (Wildman–Crippen LogP) is 2.75. The largest absolute Gasteiger partial charge is 0.493 e. The van der Waals surface area contributed by atoms with Crippen molar-refractivity contribution in [2.45, 2.75) is 31.5 Å². The van der Waals surface area contributed by atoms with Crippen molar-refractivity contribution in [1.29, 1.82) is 0 Å². The molecule has 0 bridgehead atoms. The van der Waals surface area contributed by atoms with E-state index in [1.165, 1.54) is 32.2 Å². The molecule has 0 spiro atoms. The molecule has 0 fully saturated rings. The van der Waals surface area contributed by atoms with Gasteiger partial charge in [-0.3, -0.25) is 4.79 Å². The van der Waals surface area contributed by atoms with Crippen molar-refractivity contribution in [2.24, 2.45) is 5.73 Å². The van der Waals surface area contributed by atoms with E-state index in [-0.39, 0.29) is 18.8 Å². The molecule has 118 valence electrons. The monoisotopic (exact) mass is 305 g/mol. The number of ether oxygens (including phenoxy) is 2. The third kappa shape index (κ3) is 4.93. The van der Waals surface area contributed by atoms with E-state index < -0.39 is 23.2 Å². The zero-order valence-corrected chi connectivity index (χ0v) is 11.9. The molecule has 4 nitrogen and oxygen atoms in total. The number of methoxy groups -OCH3 is 1. The maximum Gasteiger partial charge on any atom is 0.419 e. The van der Waals surface area contributed by atoms with Crippen LogP contribution in [0.15, 0.2) is 24.3 Å². The normalized spacial score (nSPS) is 14.4. The Morgan fingerprint density at radius 2 is 1.90 bits per heavy atom. The number of alkyl halides is 3. The Kier molecular flexibility index (Phi) is 5.60. The second kappa shape index (κ2) is 6.80. The molecule has 7 heteroatoms. The first-order valence-electron chi connectivity index (χ1n) is 6.35. The molecule has 0 aliphatic carbocycles. The Morgan fingerprint density at radius 3 is 2.48 bits per heavy atom. The van der Waals surface area contributed by atoms with Gasteiger partial charge in [0.2, 0.25) is 0 Å². The van der Waals surface area contributed by atoms with Crippen molar-refractivity contribution in [3.8, 4) is 5.75 Å². The van der Waals surface area contributed by atoms with Gasteiger partial charge >= 0.3 is 12.1 Å². The molecule has 1 atom stereocenters. The molecule has 1 rings (SSSR count). The van der Waals surface area contributed by atoms with E-state index in [1.54, 1.807) is 0 Å². The van der Waals surface area contributed by atoms with Crippen molar-refractivity contribution >= 4 is 5.97 Å². The number of halogens is 3. The number of hydrogen-bond acceptors (Lipinski definition) is 4. The highest BCUT2D eigenvalue weighted by molar-refractivity contribution is 5.79. The fraction of sp³-hybridized carbons (Fsp3) is 0.500. The van der Waals surface area contributed by atoms with E-state index in [0.29, 0.717) is 6.42 Å². The SMILES string of the molecule is COC(=O)C(C)(N)CCCOc1ccccc1C(F)(F)F. The Balaban J connectivity index is 2.56. The van der Waals surface area contributed by atoms with E-state index >= 15 is 0 Å². The van der Waals surface area contributed by atoms with Gasteiger partial charge in [-0.25, -0.2) is 0 Å². The highest BCUT2D eigenvalue weighted by Gasteiger charge is 2.34. The summed E-state index contributed by atoms with van der Waals surface area (Å²) in [4.78, 5) is 11.3. The molecule has 2 N–H and O–H groups in total.